The van der Waals surface area contributed by atoms with Crippen LogP contribution >= 0.6 is 0 Å². The topological polar surface area (TPSA) is 54.1 Å². The second-order valence-corrected chi connectivity index (χ2v) is 6.85. The molecule has 4 heteroatoms. The van der Waals surface area contributed by atoms with Gasteiger partial charge in [0, 0.05) is 23.6 Å². The van der Waals surface area contributed by atoms with E-state index in [1.165, 1.54) is 34.9 Å². The summed E-state index contributed by atoms with van der Waals surface area (Å²) in [5.74, 6) is 0.798. The van der Waals surface area contributed by atoms with Crippen molar-refractivity contribution < 1.29 is 9.53 Å². The van der Waals surface area contributed by atoms with Crippen molar-refractivity contribution >= 4 is 16.8 Å². The van der Waals surface area contributed by atoms with Gasteiger partial charge in [-0.05, 0) is 60.9 Å². The number of aromatic nitrogens is 1. The summed E-state index contributed by atoms with van der Waals surface area (Å²) < 4.78 is 5.81. The largest absolute Gasteiger partial charge is 0.483 e. The lowest BCUT2D eigenvalue weighted by Crippen LogP contribution is -2.30. The highest BCUT2D eigenvalue weighted by Gasteiger charge is 2.14. The first-order valence-electron chi connectivity index (χ1n) is 9.36. The van der Waals surface area contributed by atoms with Gasteiger partial charge in [-0.2, -0.15) is 0 Å². The Bertz CT molecular complexity index is 913. The van der Waals surface area contributed by atoms with Crippen LogP contribution in [0, 0.1) is 0 Å². The Kier molecular flexibility index (Phi) is 4.91. The second kappa shape index (κ2) is 7.65. The number of aryl methyl sites for hydroxylation is 1. The van der Waals surface area contributed by atoms with Gasteiger partial charge in [0.05, 0.1) is 0 Å². The van der Waals surface area contributed by atoms with Crippen molar-refractivity contribution in [2.45, 2.75) is 32.1 Å². The number of hydrogen-bond acceptors (Lipinski definition) is 2. The van der Waals surface area contributed by atoms with E-state index in [1.807, 2.05) is 30.5 Å². The van der Waals surface area contributed by atoms with Crippen molar-refractivity contribution in [3.05, 3.63) is 65.4 Å². The van der Waals surface area contributed by atoms with Crippen molar-refractivity contribution in [2.75, 3.05) is 13.2 Å². The van der Waals surface area contributed by atoms with E-state index in [9.17, 15) is 4.79 Å². The van der Waals surface area contributed by atoms with Crippen molar-refractivity contribution in [3.63, 3.8) is 0 Å². The summed E-state index contributed by atoms with van der Waals surface area (Å²) in [6.07, 6.45) is 7.42. The van der Waals surface area contributed by atoms with Gasteiger partial charge in [0.2, 0.25) is 0 Å². The number of H-pyrrole nitrogens is 1. The van der Waals surface area contributed by atoms with Crippen molar-refractivity contribution in [3.8, 4) is 5.75 Å². The minimum absolute atomic E-state index is 0.0711. The molecule has 0 saturated heterocycles. The van der Waals surface area contributed by atoms with E-state index >= 15 is 0 Å². The predicted octanol–water partition coefficient (Wildman–Crippen LogP) is 3.78. The number of aromatic amines is 1. The van der Waals surface area contributed by atoms with Gasteiger partial charge in [0.25, 0.3) is 5.91 Å². The van der Waals surface area contributed by atoms with E-state index in [-0.39, 0.29) is 12.5 Å². The zero-order chi connectivity index (χ0) is 17.8. The molecule has 0 spiro atoms. The first-order valence-corrected chi connectivity index (χ1v) is 9.36. The number of carbonyl (C=O) groups excluding carboxylic acids is 1. The Morgan fingerprint density at radius 1 is 1.08 bits per heavy atom. The number of fused-ring (bicyclic) bond motifs is 2. The second-order valence-electron chi connectivity index (χ2n) is 6.85. The SMILES string of the molecule is O=C(COc1cccc2c1CCCC2)NCCc1c[nH]c2ccccc12. The number of ether oxygens (including phenoxy) is 1. The number of nitrogens with one attached hydrogen (secondary N) is 2. The summed E-state index contributed by atoms with van der Waals surface area (Å²) >= 11 is 0. The number of para-hydroxylation sites is 1. The average molecular weight is 348 g/mol. The monoisotopic (exact) mass is 348 g/mol. The van der Waals surface area contributed by atoms with E-state index in [0.717, 1.165) is 30.5 Å². The molecule has 0 bridgehead atoms. The number of rotatable bonds is 6. The fourth-order valence-corrected chi connectivity index (χ4v) is 3.75. The Hall–Kier alpha value is -2.75. The van der Waals surface area contributed by atoms with Gasteiger partial charge in [-0.15, -0.1) is 0 Å². The van der Waals surface area contributed by atoms with Crippen LogP contribution in [0.5, 0.6) is 5.75 Å². The third-order valence-electron chi connectivity index (χ3n) is 5.10. The normalized spacial score (nSPS) is 13.4. The molecule has 0 aliphatic heterocycles. The number of benzene rings is 2. The smallest absolute Gasteiger partial charge is 0.257 e. The lowest BCUT2D eigenvalue weighted by molar-refractivity contribution is -0.123. The summed E-state index contributed by atoms with van der Waals surface area (Å²) in [6.45, 7) is 0.682. The van der Waals surface area contributed by atoms with Crippen LogP contribution in [0.15, 0.2) is 48.7 Å². The van der Waals surface area contributed by atoms with Crippen LogP contribution in [0.1, 0.15) is 29.5 Å². The molecule has 4 nitrogen and oxygen atoms in total. The zero-order valence-corrected chi connectivity index (χ0v) is 14.9. The molecule has 1 heterocycles. The minimum Gasteiger partial charge on any atom is -0.483 e. The van der Waals surface area contributed by atoms with Gasteiger partial charge in [-0.25, -0.2) is 0 Å². The molecule has 2 N–H and O–H groups in total. The van der Waals surface area contributed by atoms with E-state index in [1.54, 1.807) is 0 Å². The lowest BCUT2D eigenvalue weighted by atomic mass is 9.91. The summed E-state index contributed by atoms with van der Waals surface area (Å²) in [4.78, 5) is 15.4. The molecule has 1 aliphatic rings. The summed E-state index contributed by atoms with van der Waals surface area (Å²) in [7, 11) is 0. The highest BCUT2D eigenvalue weighted by atomic mass is 16.5. The standard InChI is InChI=1S/C22H24N2O2/c25-22(15-26-21-11-5-7-16-6-1-2-9-19(16)21)23-13-12-17-14-24-20-10-4-3-8-18(17)20/h3-5,7-8,10-11,14,24H,1-2,6,9,12-13,15H2,(H,23,25). The van der Waals surface area contributed by atoms with Crippen molar-refractivity contribution in [2.24, 2.45) is 0 Å². The average Bonchev–Trinajstić information content (AvgIpc) is 3.09. The molecule has 0 radical (unpaired) electrons. The van der Waals surface area contributed by atoms with Gasteiger partial charge >= 0.3 is 0 Å². The fourth-order valence-electron chi connectivity index (χ4n) is 3.75. The summed E-state index contributed by atoms with van der Waals surface area (Å²) in [6, 6.07) is 14.4. The minimum atomic E-state index is -0.0711. The number of amides is 1. The molecule has 134 valence electrons. The maximum atomic E-state index is 12.1. The highest BCUT2D eigenvalue weighted by Crippen LogP contribution is 2.29. The number of hydrogen-bond donors (Lipinski definition) is 2. The molecule has 26 heavy (non-hydrogen) atoms. The third kappa shape index (κ3) is 3.59. The van der Waals surface area contributed by atoms with Gasteiger partial charge < -0.3 is 15.0 Å². The number of carbonyl (C=O) groups is 1. The summed E-state index contributed by atoms with van der Waals surface area (Å²) in [5.41, 5.74) is 5.00. The molecule has 0 atom stereocenters. The first-order chi connectivity index (χ1) is 12.8. The first kappa shape index (κ1) is 16.7. The van der Waals surface area contributed by atoms with Crippen LogP contribution in [-0.4, -0.2) is 24.0 Å². The molecule has 1 aromatic heterocycles. The van der Waals surface area contributed by atoms with Crippen LogP contribution in [-0.2, 0) is 24.1 Å². The highest BCUT2D eigenvalue weighted by molar-refractivity contribution is 5.83. The van der Waals surface area contributed by atoms with Crippen molar-refractivity contribution in [1.29, 1.82) is 0 Å². The maximum Gasteiger partial charge on any atom is 0.257 e. The van der Waals surface area contributed by atoms with Gasteiger partial charge in [0.15, 0.2) is 6.61 Å². The molecule has 4 rings (SSSR count). The molecule has 1 aliphatic carbocycles. The maximum absolute atomic E-state index is 12.1. The molecular weight excluding hydrogens is 324 g/mol. The third-order valence-corrected chi connectivity index (χ3v) is 5.10. The Morgan fingerprint density at radius 2 is 1.96 bits per heavy atom. The Labute approximate surface area is 153 Å². The quantitative estimate of drug-likeness (QED) is 0.712. The Morgan fingerprint density at radius 3 is 2.92 bits per heavy atom. The van der Waals surface area contributed by atoms with E-state index in [0.29, 0.717) is 6.54 Å². The van der Waals surface area contributed by atoms with Gasteiger partial charge in [-0.3, -0.25) is 4.79 Å². The van der Waals surface area contributed by atoms with Crippen molar-refractivity contribution in [1.82, 2.24) is 10.3 Å². The van der Waals surface area contributed by atoms with Crippen LogP contribution < -0.4 is 10.1 Å². The molecule has 0 fully saturated rings. The zero-order valence-electron chi connectivity index (χ0n) is 14.9. The van der Waals surface area contributed by atoms with Crippen LogP contribution in [0.4, 0.5) is 0 Å². The molecular formula is C22H24N2O2. The summed E-state index contributed by atoms with van der Waals surface area (Å²) in [5, 5.41) is 4.17. The van der Waals surface area contributed by atoms with Crippen LogP contribution in [0.3, 0.4) is 0 Å². The lowest BCUT2D eigenvalue weighted by Gasteiger charge is -2.19. The molecule has 1 amide bonds. The fraction of sp³-hybridized carbons (Fsp3) is 0.318. The van der Waals surface area contributed by atoms with Crippen LogP contribution in [0.25, 0.3) is 10.9 Å². The molecule has 0 unspecified atom stereocenters. The molecule has 3 aromatic rings. The van der Waals surface area contributed by atoms with Gasteiger partial charge in [0.1, 0.15) is 5.75 Å². The molecule has 2 aromatic carbocycles. The van der Waals surface area contributed by atoms with Crippen LogP contribution in [0.2, 0.25) is 0 Å². The van der Waals surface area contributed by atoms with E-state index in [2.05, 4.69) is 28.5 Å². The predicted molar refractivity (Wildman–Crippen MR) is 104 cm³/mol. The van der Waals surface area contributed by atoms with Gasteiger partial charge in [-0.1, -0.05) is 30.3 Å². The van der Waals surface area contributed by atoms with E-state index < -0.39 is 0 Å². The van der Waals surface area contributed by atoms with E-state index in [4.69, 9.17) is 4.74 Å². The Balaban J connectivity index is 1.28. The molecule has 0 saturated carbocycles.